The van der Waals surface area contributed by atoms with Crippen LogP contribution in [-0.2, 0) is 46.7 Å². The van der Waals surface area contributed by atoms with Crippen molar-refractivity contribution in [3.05, 3.63) is 0 Å². The van der Waals surface area contributed by atoms with Gasteiger partial charge in [-0.05, 0) is 0 Å². The van der Waals surface area contributed by atoms with Crippen molar-refractivity contribution in [1.82, 2.24) is 5.32 Å². The molecule has 0 bridgehead atoms. The second kappa shape index (κ2) is 13.9. The summed E-state index contributed by atoms with van der Waals surface area (Å²) < 4.78 is 45.0. The highest BCUT2D eigenvalue weighted by Crippen LogP contribution is 2.52. The van der Waals surface area contributed by atoms with E-state index < -0.39 is 56.3 Å². The minimum Gasteiger partial charge on any atom is -0.456 e. The minimum absolute atomic E-state index is 0.147. The summed E-state index contributed by atoms with van der Waals surface area (Å²) in [5.74, 6) is -2.11. The van der Waals surface area contributed by atoms with Crippen LogP contribution in [0.1, 0.15) is 33.6 Å². The largest absolute Gasteiger partial charge is 0.477 e. The van der Waals surface area contributed by atoms with Crippen molar-refractivity contribution in [3.63, 3.8) is 0 Å². The van der Waals surface area contributed by atoms with E-state index >= 15 is 0 Å². The van der Waals surface area contributed by atoms with Gasteiger partial charge < -0.3 is 25.3 Å². The number of nitrogens with zero attached hydrogens (tertiary/aromatic N) is 2. The Bertz CT molecular complexity index is 802. The van der Waals surface area contributed by atoms with Gasteiger partial charge in [0.15, 0.2) is 18.5 Å². The van der Waals surface area contributed by atoms with Crippen LogP contribution in [-0.4, -0.2) is 68.2 Å². The number of phosphoric ester groups is 1. The van der Waals surface area contributed by atoms with E-state index in [0.29, 0.717) is 0 Å². The Labute approximate surface area is 190 Å². The number of phosphoric acid groups is 1. The van der Waals surface area contributed by atoms with Gasteiger partial charge in [0.2, 0.25) is 5.91 Å². The van der Waals surface area contributed by atoms with Gasteiger partial charge in [0.25, 0.3) is 0 Å². The smallest absolute Gasteiger partial charge is 0.456 e. The van der Waals surface area contributed by atoms with Gasteiger partial charge >= 0.3 is 19.8 Å². The van der Waals surface area contributed by atoms with Gasteiger partial charge in [-0.3, -0.25) is 28.0 Å². The summed E-state index contributed by atoms with van der Waals surface area (Å²) in [5.41, 5.74) is 5.73. The zero-order chi connectivity index (χ0) is 25.0. The fraction of sp³-hybridized carbons (Fsp3) is 0.722. The van der Waals surface area contributed by atoms with E-state index in [1.54, 1.807) is 12.1 Å². The van der Waals surface area contributed by atoms with Crippen molar-refractivity contribution in [2.45, 2.75) is 64.3 Å². The number of ether oxygens (including phenoxy) is 3. The molecule has 0 aliphatic carbocycles. The average Bonchev–Trinajstić information content (AvgIpc) is 2.71. The molecule has 0 aromatic heterocycles. The van der Waals surface area contributed by atoms with Crippen molar-refractivity contribution in [2.75, 3.05) is 19.8 Å². The molecule has 1 heterocycles. The highest BCUT2D eigenvalue weighted by Gasteiger charge is 2.52. The summed E-state index contributed by atoms with van der Waals surface area (Å²) >= 11 is 0. The summed E-state index contributed by atoms with van der Waals surface area (Å²) in [6.45, 7) is 2.47. The normalized spacial score (nSPS) is 24.7. The molecule has 5 unspecified atom stereocenters. The third kappa shape index (κ3) is 9.43. The zero-order valence-corrected chi connectivity index (χ0v) is 19.3. The number of esters is 2. The molecule has 0 saturated carbocycles. The molecule has 0 spiro atoms. The van der Waals surface area contributed by atoms with Crippen molar-refractivity contribution >= 4 is 25.7 Å². The third-order valence-corrected chi connectivity index (χ3v) is 5.48. The van der Waals surface area contributed by atoms with Gasteiger partial charge in [-0.1, -0.05) is 0 Å². The highest BCUT2D eigenvalue weighted by atomic mass is 31.2. The molecule has 3 N–H and O–H groups in total. The monoisotopic (exact) mass is 490 g/mol. The number of nitriles is 2. The Morgan fingerprint density at radius 3 is 1.94 bits per heavy atom. The van der Waals surface area contributed by atoms with E-state index in [1.807, 2.05) is 0 Å². The molecular formula is C18H27N4O10P. The van der Waals surface area contributed by atoms with Crippen LogP contribution in [0.4, 0.5) is 0 Å². The van der Waals surface area contributed by atoms with Crippen LogP contribution in [0.2, 0.25) is 0 Å². The first kappa shape index (κ1) is 28.5. The van der Waals surface area contributed by atoms with E-state index in [9.17, 15) is 18.9 Å². The molecule has 1 aliphatic rings. The molecule has 1 rings (SSSR count). The lowest BCUT2D eigenvalue weighted by molar-refractivity contribution is -0.251. The predicted molar refractivity (Wildman–Crippen MR) is 107 cm³/mol. The summed E-state index contributed by atoms with van der Waals surface area (Å²) in [4.78, 5) is 35.2. The first-order valence-electron chi connectivity index (χ1n) is 9.85. The second-order valence-electron chi connectivity index (χ2n) is 6.69. The lowest BCUT2D eigenvalue weighted by atomic mass is 9.96. The van der Waals surface area contributed by atoms with Crippen LogP contribution in [0.25, 0.3) is 0 Å². The van der Waals surface area contributed by atoms with E-state index in [0.717, 1.165) is 20.8 Å². The van der Waals surface area contributed by atoms with Crippen LogP contribution >= 0.6 is 7.82 Å². The summed E-state index contributed by atoms with van der Waals surface area (Å²) in [7, 11) is -4.44. The lowest BCUT2D eigenvalue weighted by Gasteiger charge is -2.45. The maximum Gasteiger partial charge on any atom is 0.477 e. The van der Waals surface area contributed by atoms with Crippen molar-refractivity contribution < 1.29 is 46.7 Å². The number of amides is 1. The maximum atomic E-state index is 13.1. The SMILES string of the molecule is CC(=O)NC1C(OP(=O)(OCCC#N)OCCC#N)OC(CN)C(OC(C)=O)C1OC(C)=O. The molecule has 33 heavy (non-hydrogen) atoms. The Morgan fingerprint density at radius 2 is 1.52 bits per heavy atom. The fourth-order valence-corrected chi connectivity index (χ4v) is 4.13. The number of rotatable bonds is 12. The molecule has 1 saturated heterocycles. The molecule has 0 aromatic carbocycles. The van der Waals surface area contributed by atoms with Crippen LogP contribution in [0, 0.1) is 22.7 Å². The van der Waals surface area contributed by atoms with Crippen LogP contribution in [0.15, 0.2) is 0 Å². The van der Waals surface area contributed by atoms with Gasteiger partial charge in [0, 0.05) is 27.3 Å². The molecule has 1 fully saturated rings. The van der Waals surface area contributed by atoms with Gasteiger partial charge in [0.1, 0.15) is 12.1 Å². The third-order valence-electron chi connectivity index (χ3n) is 4.01. The van der Waals surface area contributed by atoms with Crippen LogP contribution in [0.3, 0.4) is 0 Å². The maximum absolute atomic E-state index is 13.1. The van der Waals surface area contributed by atoms with E-state index in [1.165, 1.54) is 0 Å². The van der Waals surface area contributed by atoms with Gasteiger partial charge in [0.05, 0.1) is 38.2 Å². The van der Waals surface area contributed by atoms with Gasteiger partial charge in [-0.25, -0.2) is 4.57 Å². The topological polar surface area (TPSA) is 209 Å². The quantitative estimate of drug-likeness (QED) is 0.210. The highest BCUT2D eigenvalue weighted by molar-refractivity contribution is 7.48. The molecule has 0 aromatic rings. The van der Waals surface area contributed by atoms with E-state index in [-0.39, 0.29) is 32.6 Å². The average molecular weight is 490 g/mol. The summed E-state index contributed by atoms with van der Waals surface area (Å²) in [6, 6.07) is 2.26. The second-order valence-corrected chi connectivity index (χ2v) is 8.31. The van der Waals surface area contributed by atoms with Crippen molar-refractivity contribution in [3.8, 4) is 12.1 Å². The first-order chi connectivity index (χ1) is 15.6. The predicted octanol–water partition coefficient (Wildman–Crippen LogP) is 0.0234. The lowest BCUT2D eigenvalue weighted by Crippen LogP contribution is -2.66. The van der Waals surface area contributed by atoms with Crippen LogP contribution < -0.4 is 11.1 Å². The number of carbonyl (C=O) groups is 3. The van der Waals surface area contributed by atoms with Crippen molar-refractivity contribution in [2.24, 2.45) is 5.73 Å². The van der Waals surface area contributed by atoms with Gasteiger partial charge in [-0.15, -0.1) is 0 Å². The zero-order valence-electron chi connectivity index (χ0n) is 18.4. The Morgan fingerprint density at radius 1 is 1.00 bits per heavy atom. The van der Waals surface area contributed by atoms with E-state index in [2.05, 4.69) is 5.32 Å². The molecule has 1 amide bonds. The van der Waals surface area contributed by atoms with Gasteiger partial charge in [-0.2, -0.15) is 10.5 Å². The van der Waals surface area contributed by atoms with E-state index in [4.69, 9.17) is 44.0 Å². The number of hydrogen-bond acceptors (Lipinski definition) is 13. The number of nitrogens with two attached hydrogens (primary N) is 1. The number of carbonyl (C=O) groups excluding carboxylic acids is 3. The molecule has 0 radical (unpaired) electrons. The Balaban J connectivity index is 3.33. The molecule has 184 valence electrons. The molecule has 14 nitrogen and oxygen atoms in total. The molecule has 1 aliphatic heterocycles. The number of nitrogens with one attached hydrogen (secondary N) is 1. The van der Waals surface area contributed by atoms with Crippen LogP contribution in [0.5, 0.6) is 0 Å². The standard InChI is InChI=1S/C18H27N4O10P/c1-11(23)22-15-17(30-13(3)25)16(29-12(2)24)14(10-21)31-18(15)32-33(26,27-8-4-6-19)28-9-5-7-20/h14-18H,4-5,8-10,21H2,1-3H3,(H,22,23). The first-order valence-corrected chi connectivity index (χ1v) is 11.3. The van der Waals surface area contributed by atoms with Crippen molar-refractivity contribution in [1.29, 1.82) is 10.5 Å². The molecular weight excluding hydrogens is 463 g/mol. The minimum atomic E-state index is -4.44. The summed E-state index contributed by atoms with van der Waals surface area (Å²) in [6.07, 6.45) is -5.56. The Kier molecular flexibility index (Phi) is 11.9. The number of hydrogen-bond donors (Lipinski definition) is 2. The molecule has 15 heteroatoms. The summed E-state index contributed by atoms with van der Waals surface area (Å²) in [5, 5.41) is 19.9. The Hall–Kier alpha value is -2.58. The molecule has 5 atom stereocenters. The fourth-order valence-electron chi connectivity index (χ4n) is 2.87.